The molecule has 5 nitrogen and oxygen atoms in total. The molecule has 0 radical (unpaired) electrons. The van der Waals surface area contributed by atoms with Gasteiger partial charge in [0.25, 0.3) is 0 Å². The Morgan fingerprint density at radius 3 is 2.41 bits per heavy atom. The topological polar surface area (TPSA) is 62.5 Å². The molecule has 1 aromatic heterocycles. The van der Waals surface area contributed by atoms with Crippen molar-refractivity contribution in [3.05, 3.63) is 89.7 Å². The van der Waals surface area contributed by atoms with Crippen molar-refractivity contribution in [2.24, 2.45) is 7.05 Å². The van der Waals surface area contributed by atoms with Gasteiger partial charge in [0.2, 0.25) is 10.0 Å². The van der Waals surface area contributed by atoms with Gasteiger partial charge in [0.05, 0.1) is 17.0 Å². The van der Waals surface area contributed by atoms with Gasteiger partial charge in [0.1, 0.15) is 0 Å². The molecule has 0 saturated carbocycles. The average molecular weight is 411 g/mol. The summed E-state index contributed by atoms with van der Waals surface area (Å²) in [6, 6.07) is 20.2. The maximum Gasteiger partial charge on any atom is 0.243 e. The number of nitrogens with zero attached hydrogens (tertiary/aromatic N) is 2. The summed E-state index contributed by atoms with van der Waals surface area (Å²) in [5.41, 5.74) is 2.67. The van der Waals surface area contributed by atoms with Crippen molar-refractivity contribution < 1.29 is 13.5 Å². The zero-order chi connectivity index (χ0) is 20.4. The third-order valence-electron chi connectivity index (χ3n) is 5.72. The van der Waals surface area contributed by atoms with E-state index in [1.807, 2.05) is 48.1 Å². The van der Waals surface area contributed by atoms with Crippen LogP contribution < -0.4 is 0 Å². The van der Waals surface area contributed by atoms with E-state index >= 15 is 0 Å². The van der Waals surface area contributed by atoms with E-state index < -0.39 is 22.2 Å². The molecule has 0 bridgehead atoms. The number of aliphatic hydroxyl groups excluding tert-OH is 1. The lowest BCUT2D eigenvalue weighted by Gasteiger charge is -2.39. The predicted molar refractivity (Wildman–Crippen MR) is 113 cm³/mol. The maximum absolute atomic E-state index is 13.4. The van der Waals surface area contributed by atoms with E-state index in [0.717, 1.165) is 12.1 Å². The van der Waals surface area contributed by atoms with Crippen molar-refractivity contribution in [3.63, 3.8) is 0 Å². The fraction of sp³-hybridized carbons (Fsp3) is 0.304. The standard InChI is InChI=1S/C23H26N2O3S/c1-24-15-8-12-19(24)17-21-23(26)20-13-5-6-14-22(20)29(27,28)25(21)16-7-11-18-9-3-2-4-10-18/h2-6,8-10,12-15,21,23,26H,7,11,16-17H2,1H3/t21-,23-/m1/s1. The van der Waals surface area contributed by atoms with Crippen LogP contribution in [0.1, 0.15) is 29.3 Å². The Hall–Kier alpha value is -2.41. The largest absolute Gasteiger partial charge is 0.387 e. The van der Waals surface area contributed by atoms with Gasteiger partial charge in [-0.15, -0.1) is 0 Å². The Morgan fingerprint density at radius 2 is 1.69 bits per heavy atom. The van der Waals surface area contributed by atoms with Gasteiger partial charge < -0.3 is 9.67 Å². The Labute approximate surface area is 172 Å². The van der Waals surface area contributed by atoms with E-state index in [1.54, 1.807) is 24.3 Å². The van der Waals surface area contributed by atoms with Gasteiger partial charge in [0.15, 0.2) is 0 Å². The minimum Gasteiger partial charge on any atom is -0.387 e. The van der Waals surface area contributed by atoms with E-state index in [9.17, 15) is 13.5 Å². The van der Waals surface area contributed by atoms with Crippen LogP contribution in [0.15, 0.2) is 77.8 Å². The van der Waals surface area contributed by atoms with Crippen molar-refractivity contribution in [1.82, 2.24) is 8.87 Å². The Bertz CT molecular complexity index is 1080. The molecule has 29 heavy (non-hydrogen) atoms. The van der Waals surface area contributed by atoms with Gasteiger partial charge in [-0.1, -0.05) is 48.5 Å². The summed E-state index contributed by atoms with van der Waals surface area (Å²) in [5, 5.41) is 11.1. The highest BCUT2D eigenvalue weighted by Crippen LogP contribution is 2.38. The Morgan fingerprint density at radius 1 is 0.966 bits per heavy atom. The molecule has 1 N–H and O–H groups in total. The second-order valence-electron chi connectivity index (χ2n) is 7.57. The summed E-state index contributed by atoms with van der Waals surface area (Å²) in [6.07, 6.45) is 3.03. The molecule has 0 amide bonds. The zero-order valence-corrected chi connectivity index (χ0v) is 17.3. The first-order valence-electron chi connectivity index (χ1n) is 9.91. The molecule has 0 fully saturated rings. The van der Waals surface area contributed by atoms with Crippen LogP contribution in [0, 0.1) is 0 Å². The van der Waals surface area contributed by atoms with Crippen molar-refractivity contribution in [3.8, 4) is 0 Å². The highest BCUT2D eigenvalue weighted by Gasteiger charge is 2.43. The van der Waals surface area contributed by atoms with Crippen LogP contribution in [0.2, 0.25) is 0 Å². The summed E-state index contributed by atoms with van der Waals surface area (Å²) in [4.78, 5) is 0.218. The summed E-state index contributed by atoms with van der Waals surface area (Å²) >= 11 is 0. The number of rotatable bonds is 6. The smallest absolute Gasteiger partial charge is 0.243 e. The van der Waals surface area contributed by atoms with Gasteiger partial charge in [-0.2, -0.15) is 4.31 Å². The fourth-order valence-corrected chi connectivity index (χ4v) is 6.04. The first-order chi connectivity index (χ1) is 14.0. The lowest BCUT2D eigenvalue weighted by Crippen LogP contribution is -2.49. The molecule has 2 aromatic carbocycles. The van der Waals surface area contributed by atoms with Gasteiger partial charge >= 0.3 is 0 Å². The number of hydrogen-bond donors (Lipinski definition) is 1. The van der Waals surface area contributed by atoms with Gasteiger partial charge in [0, 0.05) is 37.5 Å². The van der Waals surface area contributed by atoms with Crippen molar-refractivity contribution in [2.45, 2.75) is 36.3 Å². The van der Waals surface area contributed by atoms with E-state index in [0.29, 0.717) is 24.9 Å². The number of aromatic nitrogens is 1. The van der Waals surface area contributed by atoms with Gasteiger partial charge in [-0.05, 0) is 36.6 Å². The number of benzene rings is 2. The quantitative estimate of drug-likeness (QED) is 0.678. The predicted octanol–water partition coefficient (Wildman–Crippen LogP) is 3.31. The maximum atomic E-state index is 13.4. The fourth-order valence-electron chi connectivity index (χ4n) is 4.14. The molecule has 0 spiro atoms. The minimum absolute atomic E-state index is 0.218. The van der Waals surface area contributed by atoms with Crippen LogP contribution in [0.4, 0.5) is 0 Å². The molecular formula is C23H26N2O3S. The van der Waals surface area contributed by atoms with Crippen LogP contribution in [0.25, 0.3) is 0 Å². The first-order valence-corrected chi connectivity index (χ1v) is 11.4. The van der Waals surface area contributed by atoms with Crippen LogP contribution in [-0.2, 0) is 29.9 Å². The summed E-state index contributed by atoms with van der Waals surface area (Å²) in [7, 11) is -1.73. The lowest BCUT2D eigenvalue weighted by molar-refractivity contribution is 0.0784. The molecule has 1 aliphatic rings. The van der Waals surface area contributed by atoms with Gasteiger partial charge in [-0.25, -0.2) is 8.42 Å². The highest BCUT2D eigenvalue weighted by molar-refractivity contribution is 7.89. The first kappa shape index (κ1) is 19.9. The van der Waals surface area contributed by atoms with Crippen molar-refractivity contribution in [1.29, 1.82) is 0 Å². The highest BCUT2D eigenvalue weighted by atomic mass is 32.2. The molecule has 6 heteroatoms. The van der Waals surface area contributed by atoms with Crippen LogP contribution >= 0.6 is 0 Å². The molecule has 0 aliphatic carbocycles. The molecule has 2 atom stereocenters. The van der Waals surface area contributed by atoms with Crippen LogP contribution in [0.3, 0.4) is 0 Å². The molecule has 3 aromatic rings. The SMILES string of the molecule is Cn1cccc1C[C@@H]1[C@H](O)c2ccccc2S(=O)(=O)N1CCCc1ccccc1. The molecular weight excluding hydrogens is 384 g/mol. The van der Waals surface area contributed by atoms with Crippen molar-refractivity contribution >= 4 is 10.0 Å². The zero-order valence-electron chi connectivity index (χ0n) is 16.5. The van der Waals surface area contributed by atoms with E-state index in [4.69, 9.17) is 0 Å². The number of hydrogen-bond acceptors (Lipinski definition) is 3. The molecule has 152 valence electrons. The van der Waals surface area contributed by atoms with Crippen molar-refractivity contribution in [2.75, 3.05) is 6.54 Å². The minimum atomic E-state index is -3.67. The van der Waals surface area contributed by atoms with Gasteiger partial charge in [-0.3, -0.25) is 0 Å². The number of aryl methyl sites for hydroxylation is 2. The van der Waals surface area contributed by atoms with Crippen LogP contribution in [-0.4, -0.2) is 35.0 Å². The third kappa shape index (κ3) is 3.88. The second kappa shape index (κ2) is 8.14. The van der Waals surface area contributed by atoms with Crippen LogP contribution in [0.5, 0.6) is 0 Å². The third-order valence-corrected chi connectivity index (χ3v) is 7.71. The normalized spacial score (nSPS) is 21.0. The molecule has 0 unspecified atom stereocenters. The lowest BCUT2D eigenvalue weighted by atomic mass is 9.97. The van der Waals surface area contributed by atoms with E-state index in [-0.39, 0.29) is 4.90 Å². The summed E-state index contributed by atoms with van der Waals surface area (Å²) < 4.78 is 30.3. The second-order valence-corrected chi connectivity index (χ2v) is 9.43. The molecule has 0 saturated heterocycles. The molecule has 2 heterocycles. The van der Waals surface area contributed by atoms with E-state index in [2.05, 4.69) is 12.1 Å². The Kier molecular flexibility index (Phi) is 5.58. The molecule has 4 rings (SSSR count). The number of sulfonamides is 1. The van der Waals surface area contributed by atoms with E-state index in [1.165, 1.54) is 9.87 Å². The summed E-state index contributed by atoms with van der Waals surface area (Å²) in [5.74, 6) is 0. The summed E-state index contributed by atoms with van der Waals surface area (Å²) in [6.45, 7) is 0.373. The number of aliphatic hydroxyl groups is 1. The number of fused-ring (bicyclic) bond motifs is 1. The molecule has 1 aliphatic heterocycles. The monoisotopic (exact) mass is 410 g/mol. The average Bonchev–Trinajstić information content (AvgIpc) is 3.13. The Balaban J connectivity index is 1.65.